The summed E-state index contributed by atoms with van der Waals surface area (Å²) in [6, 6.07) is 20.1. The Morgan fingerprint density at radius 2 is 1.50 bits per heavy atom. The van der Waals surface area contributed by atoms with Crippen LogP contribution in [-0.4, -0.2) is 42.2 Å². The predicted molar refractivity (Wildman–Crippen MR) is 115 cm³/mol. The van der Waals surface area contributed by atoms with Gasteiger partial charge in [0.2, 0.25) is 0 Å². The zero-order valence-corrected chi connectivity index (χ0v) is 17.0. The lowest BCUT2D eigenvalue weighted by molar-refractivity contribution is -0.119. The lowest BCUT2D eigenvalue weighted by Crippen LogP contribution is -2.24. The number of rotatable bonds is 6. The molecule has 0 aromatic heterocycles. The number of nitrogens with one attached hydrogen (secondary N) is 1. The molecule has 0 saturated heterocycles. The Bertz CT molecular complexity index is 1200. The van der Waals surface area contributed by atoms with Crippen LogP contribution in [0.4, 0.5) is 5.69 Å². The predicted octanol–water partition coefficient (Wildman–Crippen LogP) is 3.50. The molecule has 4 rings (SSSR count). The molecule has 1 heterocycles. The highest BCUT2D eigenvalue weighted by molar-refractivity contribution is 6.21. The second-order valence-corrected chi connectivity index (χ2v) is 6.99. The average molecular weight is 430 g/mol. The molecule has 8 nitrogen and oxygen atoms in total. The molecule has 0 bridgehead atoms. The molecule has 3 aromatic rings. The fourth-order valence-electron chi connectivity index (χ4n) is 3.13. The molecule has 0 spiro atoms. The number of carbonyl (C=O) groups excluding carboxylic acids is 4. The zero-order valence-electron chi connectivity index (χ0n) is 17.0. The highest BCUT2D eigenvalue weighted by Crippen LogP contribution is 2.24. The average Bonchev–Trinajstić information content (AvgIpc) is 3.03. The van der Waals surface area contributed by atoms with E-state index in [0.717, 1.165) is 4.90 Å². The van der Waals surface area contributed by atoms with Gasteiger partial charge in [-0.1, -0.05) is 18.2 Å². The summed E-state index contributed by atoms with van der Waals surface area (Å²) in [5.74, 6) is -0.912. The highest BCUT2D eigenvalue weighted by atomic mass is 16.5. The number of carbonyl (C=O) groups is 4. The number of hydrogen-bond donors (Lipinski definition) is 1. The van der Waals surface area contributed by atoms with Crippen LogP contribution in [0, 0.1) is 0 Å². The first-order valence-electron chi connectivity index (χ1n) is 9.69. The summed E-state index contributed by atoms with van der Waals surface area (Å²) in [5, 5.41) is 2.62. The summed E-state index contributed by atoms with van der Waals surface area (Å²) in [7, 11) is 1.37. The van der Waals surface area contributed by atoms with Crippen LogP contribution in [0.1, 0.15) is 31.1 Å². The first-order valence-corrected chi connectivity index (χ1v) is 9.69. The monoisotopic (exact) mass is 430 g/mol. The topological polar surface area (TPSA) is 102 Å². The minimum Gasteiger partial charge on any atom is -0.457 e. The number of anilines is 1. The van der Waals surface area contributed by atoms with Crippen molar-refractivity contribution in [1.29, 1.82) is 0 Å². The third-order valence-corrected chi connectivity index (χ3v) is 4.78. The standard InChI is InChI=1S/C24H18N2O6/c1-26-22(28)19-12-7-15(13-20(19)23(26)29)24(30)31-14-21(27)25-16-8-10-18(11-9-16)32-17-5-3-2-4-6-17/h2-13H,14H2,1H3,(H,25,27). The summed E-state index contributed by atoms with van der Waals surface area (Å²) in [6.45, 7) is -0.509. The summed E-state index contributed by atoms with van der Waals surface area (Å²) in [5.41, 5.74) is 0.951. The Balaban J connectivity index is 1.31. The molecule has 1 N–H and O–H groups in total. The molecule has 1 aliphatic heterocycles. The van der Waals surface area contributed by atoms with Gasteiger partial charge in [-0.25, -0.2) is 4.79 Å². The first kappa shape index (κ1) is 20.8. The van der Waals surface area contributed by atoms with Crippen molar-refractivity contribution in [3.63, 3.8) is 0 Å². The van der Waals surface area contributed by atoms with Gasteiger partial charge in [0.1, 0.15) is 11.5 Å². The molecule has 8 heteroatoms. The van der Waals surface area contributed by atoms with Crippen molar-refractivity contribution >= 4 is 29.4 Å². The Labute approximate surface area is 183 Å². The Morgan fingerprint density at radius 3 is 2.22 bits per heavy atom. The van der Waals surface area contributed by atoms with E-state index in [9.17, 15) is 19.2 Å². The van der Waals surface area contributed by atoms with E-state index in [1.54, 1.807) is 24.3 Å². The maximum atomic E-state index is 12.3. The quantitative estimate of drug-likeness (QED) is 0.474. The number of imide groups is 1. The third-order valence-electron chi connectivity index (χ3n) is 4.78. The molecule has 0 fully saturated rings. The number of hydrogen-bond acceptors (Lipinski definition) is 6. The van der Waals surface area contributed by atoms with Gasteiger partial charge in [-0.2, -0.15) is 0 Å². The summed E-state index contributed by atoms with van der Waals surface area (Å²) >= 11 is 0. The van der Waals surface area contributed by atoms with Crippen molar-refractivity contribution in [3.8, 4) is 11.5 Å². The molecule has 3 aromatic carbocycles. The van der Waals surface area contributed by atoms with Gasteiger partial charge in [0.15, 0.2) is 6.61 Å². The smallest absolute Gasteiger partial charge is 0.338 e. The van der Waals surface area contributed by atoms with Crippen molar-refractivity contribution in [2.24, 2.45) is 0 Å². The maximum Gasteiger partial charge on any atom is 0.338 e. The summed E-state index contributed by atoms with van der Waals surface area (Å²) in [6.07, 6.45) is 0. The van der Waals surface area contributed by atoms with Gasteiger partial charge in [0.05, 0.1) is 16.7 Å². The fraction of sp³-hybridized carbons (Fsp3) is 0.0833. The minimum atomic E-state index is -0.774. The van der Waals surface area contributed by atoms with Crippen LogP contribution in [0.3, 0.4) is 0 Å². The number of fused-ring (bicyclic) bond motifs is 1. The largest absolute Gasteiger partial charge is 0.457 e. The van der Waals surface area contributed by atoms with Gasteiger partial charge >= 0.3 is 5.97 Å². The lowest BCUT2D eigenvalue weighted by atomic mass is 10.1. The van der Waals surface area contributed by atoms with E-state index in [4.69, 9.17) is 9.47 Å². The SMILES string of the molecule is CN1C(=O)c2ccc(C(=O)OCC(=O)Nc3ccc(Oc4ccccc4)cc3)cc2C1=O. The number of benzene rings is 3. The molecule has 0 aliphatic carbocycles. The number of esters is 1. The van der Waals surface area contributed by atoms with E-state index in [-0.39, 0.29) is 16.7 Å². The van der Waals surface area contributed by atoms with Gasteiger partial charge in [0, 0.05) is 12.7 Å². The van der Waals surface area contributed by atoms with Crippen LogP contribution < -0.4 is 10.1 Å². The Kier molecular flexibility index (Phi) is 5.67. The van der Waals surface area contributed by atoms with E-state index < -0.39 is 30.3 Å². The van der Waals surface area contributed by atoms with Gasteiger partial charge < -0.3 is 14.8 Å². The molecule has 0 atom stereocenters. The first-order chi connectivity index (χ1) is 15.4. The van der Waals surface area contributed by atoms with Crippen LogP contribution in [0.25, 0.3) is 0 Å². The number of nitrogens with zero attached hydrogens (tertiary/aromatic N) is 1. The van der Waals surface area contributed by atoms with Crippen LogP contribution in [0.2, 0.25) is 0 Å². The van der Waals surface area contributed by atoms with Crippen LogP contribution in [-0.2, 0) is 9.53 Å². The van der Waals surface area contributed by atoms with Gasteiger partial charge in [-0.05, 0) is 54.6 Å². The van der Waals surface area contributed by atoms with Crippen molar-refractivity contribution in [3.05, 3.63) is 89.5 Å². The Morgan fingerprint density at radius 1 is 0.844 bits per heavy atom. The van der Waals surface area contributed by atoms with Gasteiger partial charge in [0.25, 0.3) is 17.7 Å². The minimum absolute atomic E-state index is 0.0791. The van der Waals surface area contributed by atoms with Crippen molar-refractivity contribution in [2.45, 2.75) is 0 Å². The van der Waals surface area contributed by atoms with Crippen LogP contribution >= 0.6 is 0 Å². The lowest BCUT2D eigenvalue weighted by Gasteiger charge is -2.09. The molecule has 160 valence electrons. The Hall–Kier alpha value is -4.46. The van der Waals surface area contributed by atoms with Gasteiger partial charge in [-0.15, -0.1) is 0 Å². The van der Waals surface area contributed by atoms with Crippen LogP contribution in [0.15, 0.2) is 72.8 Å². The van der Waals surface area contributed by atoms with Crippen LogP contribution in [0.5, 0.6) is 11.5 Å². The van der Waals surface area contributed by atoms with Gasteiger partial charge in [-0.3, -0.25) is 19.3 Å². The number of para-hydroxylation sites is 1. The summed E-state index contributed by atoms with van der Waals surface area (Å²) in [4.78, 5) is 49.3. The maximum absolute atomic E-state index is 12.3. The van der Waals surface area contributed by atoms with E-state index in [1.807, 2.05) is 30.3 Å². The third kappa shape index (κ3) is 4.34. The molecule has 0 unspecified atom stereocenters. The van der Waals surface area contributed by atoms with E-state index in [2.05, 4.69) is 5.32 Å². The van der Waals surface area contributed by atoms with Crippen molar-refractivity contribution in [2.75, 3.05) is 19.0 Å². The van der Waals surface area contributed by atoms with E-state index in [0.29, 0.717) is 17.2 Å². The molecule has 0 saturated carbocycles. The fourth-order valence-corrected chi connectivity index (χ4v) is 3.13. The molecule has 3 amide bonds. The molecular weight excluding hydrogens is 412 g/mol. The normalized spacial score (nSPS) is 12.3. The number of ether oxygens (including phenoxy) is 2. The van der Waals surface area contributed by atoms with Crippen molar-refractivity contribution < 1.29 is 28.7 Å². The second-order valence-electron chi connectivity index (χ2n) is 6.99. The second kappa shape index (κ2) is 8.73. The molecule has 1 aliphatic rings. The van der Waals surface area contributed by atoms with E-state index >= 15 is 0 Å². The van der Waals surface area contributed by atoms with E-state index in [1.165, 1.54) is 25.2 Å². The molecule has 32 heavy (non-hydrogen) atoms. The van der Waals surface area contributed by atoms with Crippen molar-refractivity contribution in [1.82, 2.24) is 4.90 Å². The highest BCUT2D eigenvalue weighted by Gasteiger charge is 2.33. The molecular formula is C24H18N2O6. The summed E-state index contributed by atoms with van der Waals surface area (Å²) < 4.78 is 10.7. The molecule has 0 radical (unpaired) electrons. The zero-order chi connectivity index (χ0) is 22.7. The number of amides is 3.